The number of benzene rings is 1. The van der Waals surface area contributed by atoms with E-state index in [1.165, 1.54) is 12.1 Å². The SMILES string of the molecule is CCCNCCC=Cc1ccccc1OC(F)(F)F. The molecule has 0 aromatic heterocycles. The quantitative estimate of drug-likeness (QED) is 0.758. The summed E-state index contributed by atoms with van der Waals surface area (Å²) in [5.41, 5.74) is 0.426. The number of para-hydroxylation sites is 1. The van der Waals surface area contributed by atoms with Crippen LogP contribution in [0.4, 0.5) is 13.2 Å². The number of hydrogen-bond acceptors (Lipinski definition) is 2. The van der Waals surface area contributed by atoms with Crippen molar-refractivity contribution in [1.82, 2.24) is 5.32 Å². The molecule has 0 bridgehead atoms. The maximum atomic E-state index is 12.2. The lowest BCUT2D eigenvalue weighted by atomic mass is 10.2. The molecule has 1 aromatic rings. The highest BCUT2D eigenvalue weighted by Gasteiger charge is 2.31. The molecule has 2 nitrogen and oxygen atoms in total. The largest absolute Gasteiger partial charge is 0.573 e. The molecule has 0 atom stereocenters. The summed E-state index contributed by atoms with van der Waals surface area (Å²) >= 11 is 0. The Labute approximate surface area is 111 Å². The van der Waals surface area contributed by atoms with Crippen LogP contribution in [0.5, 0.6) is 5.75 Å². The Balaban J connectivity index is 2.55. The van der Waals surface area contributed by atoms with Gasteiger partial charge < -0.3 is 10.1 Å². The van der Waals surface area contributed by atoms with E-state index in [1.807, 2.05) is 6.08 Å². The van der Waals surface area contributed by atoms with Gasteiger partial charge in [-0.05, 0) is 32.0 Å². The van der Waals surface area contributed by atoms with Crippen molar-refractivity contribution in [2.24, 2.45) is 0 Å². The molecule has 5 heteroatoms. The Kier molecular flexibility index (Phi) is 6.42. The molecule has 0 aliphatic carbocycles. The van der Waals surface area contributed by atoms with Gasteiger partial charge in [0.1, 0.15) is 5.75 Å². The maximum Gasteiger partial charge on any atom is 0.573 e. The van der Waals surface area contributed by atoms with Crippen molar-refractivity contribution >= 4 is 6.08 Å². The van der Waals surface area contributed by atoms with Crippen LogP contribution in [-0.4, -0.2) is 19.5 Å². The highest BCUT2D eigenvalue weighted by atomic mass is 19.4. The number of rotatable bonds is 7. The highest BCUT2D eigenvalue weighted by Crippen LogP contribution is 2.26. The number of hydrogen-bond donors (Lipinski definition) is 1. The van der Waals surface area contributed by atoms with E-state index in [-0.39, 0.29) is 5.75 Å². The fourth-order valence-electron chi connectivity index (χ4n) is 1.53. The van der Waals surface area contributed by atoms with Gasteiger partial charge in [-0.1, -0.05) is 37.3 Å². The van der Waals surface area contributed by atoms with E-state index in [4.69, 9.17) is 0 Å². The minimum absolute atomic E-state index is 0.173. The Bertz CT molecular complexity index is 402. The second-order valence-corrected chi connectivity index (χ2v) is 4.03. The maximum absolute atomic E-state index is 12.2. The first kappa shape index (κ1) is 15.6. The molecular formula is C14H18F3NO. The molecular weight excluding hydrogens is 255 g/mol. The van der Waals surface area contributed by atoms with Crippen LogP contribution in [0, 0.1) is 0 Å². The summed E-state index contributed by atoms with van der Waals surface area (Å²) in [4.78, 5) is 0. The molecule has 0 unspecified atom stereocenters. The average Bonchev–Trinajstić information content (AvgIpc) is 2.33. The molecule has 0 heterocycles. The van der Waals surface area contributed by atoms with Crippen molar-refractivity contribution in [2.75, 3.05) is 13.1 Å². The van der Waals surface area contributed by atoms with Crippen molar-refractivity contribution in [3.05, 3.63) is 35.9 Å². The molecule has 106 valence electrons. The summed E-state index contributed by atoms with van der Waals surface area (Å²) in [5.74, 6) is -0.173. The predicted octanol–water partition coefficient (Wildman–Crippen LogP) is 3.99. The summed E-state index contributed by atoms with van der Waals surface area (Å²) < 4.78 is 40.5. The van der Waals surface area contributed by atoms with Gasteiger partial charge in [0.05, 0.1) is 0 Å². The van der Waals surface area contributed by atoms with Crippen LogP contribution in [0.1, 0.15) is 25.3 Å². The molecule has 1 aromatic carbocycles. The Morgan fingerprint density at radius 2 is 1.95 bits per heavy atom. The van der Waals surface area contributed by atoms with E-state index in [9.17, 15) is 13.2 Å². The van der Waals surface area contributed by atoms with Crippen molar-refractivity contribution in [3.63, 3.8) is 0 Å². The van der Waals surface area contributed by atoms with Gasteiger partial charge in [0.25, 0.3) is 0 Å². The van der Waals surface area contributed by atoms with Crippen LogP contribution in [0.25, 0.3) is 6.08 Å². The Morgan fingerprint density at radius 1 is 1.21 bits per heavy atom. The lowest BCUT2D eigenvalue weighted by Crippen LogP contribution is -2.17. The standard InChI is InChI=1S/C14H18F3NO/c1-2-10-18-11-6-5-8-12-7-3-4-9-13(12)19-14(15,16)17/h3-5,7-9,18H,2,6,10-11H2,1H3. The molecule has 0 saturated carbocycles. The summed E-state index contributed by atoms with van der Waals surface area (Å²) in [7, 11) is 0. The van der Waals surface area contributed by atoms with Crippen LogP contribution < -0.4 is 10.1 Å². The number of halogens is 3. The van der Waals surface area contributed by atoms with Gasteiger partial charge in [0.2, 0.25) is 0 Å². The predicted molar refractivity (Wildman–Crippen MR) is 69.9 cm³/mol. The minimum Gasteiger partial charge on any atom is -0.405 e. The third-order valence-electron chi connectivity index (χ3n) is 2.36. The fraction of sp³-hybridized carbons (Fsp3) is 0.429. The minimum atomic E-state index is -4.66. The van der Waals surface area contributed by atoms with E-state index in [0.717, 1.165) is 25.9 Å². The summed E-state index contributed by atoms with van der Waals surface area (Å²) in [6.07, 6.45) is 0.648. The van der Waals surface area contributed by atoms with Crippen LogP contribution in [0.3, 0.4) is 0 Å². The second-order valence-electron chi connectivity index (χ2n) is 4.03. The molecule has 0 fully saturated rings. The van der Waals surface area contributed by atoms with Crippen LogP contribution >= 0.6 is 0 Å². The molecule has 0 aliphatic rings. The van der Waals surface area contributed by atoms with Gasteiger partial charge >= 0.3 is 6.36 Å². The zero-order valence-corrected chi connectivity index (χ0v) is 10.8. The van der Waals surface area contributed by atoms with E-state index in [2.05, 4.69) is 17.0 Å². The van der Waals surface area contributed by atoms with Gasteiger partial charge in [-0.3, -0.25) is 0 Å². The first-order valence-electron chi connectivity index (χ1n) is 6.25. The van der Waals surface area contributed by atoms with E-state index < -0.39 is 6.36 Å². The van der Waals surface area contributed by atoms with E-state index in [1.54, 1.807) is 18.2 Å². The molecule has 1 N–H and O–H groups in total. The first-order chi connectivity index (χ1) is 9.03. The molecule has 0 saturated heterocycles. The molecule has 0 spiro atoms. The van der Waals surface area contributed by atoms with Crippen LogP contribution in [0.15, 0.2) is 30.3 Å². The normalized spacial score (nSPS) is 12.0. The number of ether oxygens (including phenoxy) is 1. The van der Waals surface area contributed by atoms with Gasteiger partial charge in [0, 0.05) is 5.56 Å². The van der Waals surface area contributed by atoms with Crippen molar-refractivity contribution in [2.45, 2.75) is 26.1 Å². The average molecular weight is 273 g/mol. The molecule has 19 heavy (non-hydrogen) atoms. The summed E-state index contributed by atoms with van der Waals surface area (Å²) in [6.45, 7) is 3.84. The summed E-state index contributed by atoms with van der Waals surface area (Å²) in [5, 5.41) is 3.21. The molecule has 0 amide bonds. The van der Waals surface area contributed by atoms with Crippen LogP contribution in [0.2, 0.25) is 0 Å². The lowest BCUT2D eigenvalue weighted by Gasteiger charge is -2.10. The molecule has 0 aliphatic heterocycles. The van der Waals surface area contributed by atoms with Gasteiger partial charge in [-0.25, -0.2) is 0 Å². The smallest absolute Gasteiger partial charge is 0.405 e. The zero-order valence-electron chi connectivity index (χ0n) is 10.8. The van der Waals surface area contributed by atoms with Crippen molar-refractivity contribution in [1.29, 1.82) is 0 Å². The van der Waals surface area contributed by atoms with Gasteiger partial charge in [0.15, 0.2) is 0 Å². The fourth-order valence-corrected chi connectivity index (χ4v) is 1.53. The topological polar surface area (TPSA) is 21.3 Å². The summed E-state index contributed by atoms with van der Waals surface area (Å²) in [6, 6.07) is 6.10. The highest BCUT2D eigenvalue weighted by molar-refractivity contribution is 5.57. The zero-order chi connectivity index (χ0) is 14.1. The first-order valence-corrected chi connectivity index (χ1v) is 6.25. The number of nitrogens with one attached hydrogen (secondary N) is 1. The second kappa shape index (κ2) is 7.84. The Hall–Kier alpha value is -1.49. The number of alkyl halides is 3. The molecule has 0 radical (unpaired) electrons. The van der Waals surface area contributed by atoms with E-state index >= 15 is 0 Å². The lowest BCUT2D eigenvalue weighted by molar-refractivity contribution is -0.274. The third kappa shape index (κ3) is 6.86. The van der Waals surface area contributed by atoms with Crippen molar-refractivity contribution in [3.8, 4) is 5.75 Å². The van der Waals surface area contributed by atoms with Crippen molar-refractivity contribution < 1.29 is 17.9 Å². The van der Waals surface area contributed by atoms with Gasteiger partial charge in [-0.15, -0.1) is 13.2 Å². The van der Waals surface area contributed by atoms with E-state index in [0.29, 0.717) is 5.56 Å². The Morgan fingerprint density at radius 3 is 2.63 bits per heavy atom. The van der Waals surface area contributed by atoms with Gasteiger partial charge in [-0.2, -0.15) is 0 Å². The van der Waals surface area contributed by atoms with Crippen LogP contribution in [-0.2, 0) is 0 Å². The monoisotopic (exact) mass is 273 g/mol. The molecule has 1 rings (SSSR count). The third-order valence-corrected chi connectivity index (χ3v) is 2.36.